The van der Waals surface area contributed by atoms with Crippen LogP contribution in [0.25, 0.3) is 5.69 Å². The van der Waals surface area contributed by atoms with E-state index in [9.17, 15) is 9.59 Å². The second kappa shape index (κ2) is 9.68. The van der Waals surface area contributed by atoms with Crippen LogP contribution in [0.1, 0.15) is 21.7 Å². The molecular formula is C24H26N4O3. The highest BCUT2D eigenvalue weighted by molar-refractivity contribution is 5.92. The summed E-state index contributed by atoms with van der Waals surface area (Å²) in [5.74, 6) is -0.488. The second-order valence-electron chi connectivity index (χ2n) is 7.67. The van der Waals surface area contributed by atoms with Crippen molar-refractivity contribution in [2.24, 2.45) is 0 Å². The van der Waals surface area contributed by atoms with Crippen molar-refractivity contribution in [3.8, 4) is 5.69 Å². The average molecular weight is 418 g/mol. The fourth-order valence-corrected chi connectivity index (χ4v) is 3.71. The Hall–Kier alpha value is -3.29. The molecule has 1 aliphatic rings. The maximum absolute atomic E-state index is 12.7. The molecule has 160 valence electrons. The lowest BCUT2D eigenvalue weighted by Gasteiger charge is -2.33. The van der Waals surface area contributed by atoms with Gasteiger partial charge in [0.15, 0.2) is 5.69 Å². The summed E-state index contributed by atoms with van der Waals surface area (Å²) in [4.78, 5) is 27.4. The van der Waals surface area contributed by atoms with E-state index < -0.39 is 11.3 Å². The molecular weight excluding hydrogens is 392 g/mol. The molecule has 3 aromatic rings. The molecule has 1 aliphatic heterocycles. The largest absolute Gasteiger partial charge is 0.374 e. The Labute approximate surface area is 181 Å². The van der Waals surface area contributed by atoms with Crippen molar-refractivity contribution in [2.75, 3.05) is 26.2 Å². The van der Waals surface area contributed by atoms with Gasteiger partial charge in [-0.2, -0.15) is 5.10 Å². The monoisotopic (exact) mass is 418 g/mol. The number of benzene rings is 2. The normalized spacial score (nSPS) is 16.7. The highest BCUT2D eigenvalue weighted by Crippen LogP contribution is 2.11. The zero-order valence-electron chi connectivity index (χ0n) is 17.5. The van der Waals surface area contributed by atoms with Crippen molar-refractivity contribution in [1.82, 2.24) is 20.0 Å². The maximum Gasteiger partial charge on any atom is 0.275 e. The minimum atomic E-state index is -0.488. The smallest absolute Gasteiger partial charge is 0.275 e. The maximum atomic E-state index is 12.7. The number of para-hydroxylation sites is 1. The molecule has 1 fully saturated rings. The second-order valence-corrected chi connectivity index (χ2v) is 7.67. The Kier molecular flexibility index (Phi) is 6.54. The van der Waals surface area contributed by atoms with Gasteiger partial charge in [0.1, 0.15) is 0 Å². The first-order valence-corrected chi connectivity index (χ1v) is 10.4. The number of rotatable bonds is 6. The summed E-state index contributed by atoms with van der Waals surface area (Å²) in [6.07, 6.45) is -0.136. The van der Waals surface area contributed by atoms with Gasteiger partial charge in [-0.05, 0) is 24.6 Å². The van der Waals surface area contributed by atoms with Crippen LogP contribution in [0, 0.1) is 6.92 Å². The molecule has 0 saturated carbocycles. The minimum absolute atomic E-state index is 0.119. The van der Waals surface area contributed by atoms with Crippen molar-refractivity contribution in [1.29, 1.82) is 0 Å². The van der Waals surface area contributed by atoms with Gasteiger partial charge in [0.25, 0.3) is 5.91 Å². The van der Waals surface area contributed by atoms with E-state index in [-0.39, 0.29) is 11.8 Å². The molecule has 1 amide bonds. The molecule has 1 atom stereocenters. The molecule has 0 bridgehead atoms. The molecule has 2 aromatic carbocycles. The van der Waals surface area contributed by atoms with Crippen LogP contribution in [-0.2, 0) is 11.3 Å². The molecule has 1 aromatic heterocycles. The number of aryl methyl sites for hydroxylation is 1. The molecule has 0 radical (unpaired) electrons. The zero-order valence-corrected chi connectivity index (χ0v) is 17.5. The van der Waals surface area contributed by atoms with Crippen molar-refractivity contribution in [3.63, 3.8) is 0 Å². The van der Waals surface area contributed by atoms with Gasteiger partial charge >= 0.3 is 0 Å². The number of nitrogens with zero attached hydrogens (tertiary/aromatic N) is 3. The van der Waals surface area contributed by atoms with Gasteiger partial charge in [-0.25, -0.2) is 4.68 Å². The molecule has 7 nitrogen and oxygen atoms in total. The van der Waals surface area contributed by atoms with Gasteiger partial charge in [-0.3, -0.25) is 14.5 Å². The summed E-state index contributed by atoms with van der Waals surface area (Å²) in [6.45, 7) is 5.13. The first kappa shape index (κ1) is 21.0. The van der Waals surface area contributed by atoms with Crippen LogP contribution in [-0.4, -0.2) is 52.9 Å². The van der Waals surface area contributed by atoms with E-state index in [0.717, 1.165) is 18.8 Å². The van der Waals surface area contributed by atoms with Gasteiger partial charge in [0.2, 0.25) is 5.43 Å². The fraction of sp³-hybridized carbons (Fsp3) is 0.292. The van der Waals surface area contributed by atoms with Crippen molar-refractivity contribution in [3.05, 3.63) is 93.9 Å². The van der Waals surface area contributed by atoms with E-state index >= 15 is 0 Å². The van der Waals surface area contributed by atoms with Gasteiger partial charge in [0.05, 0.1) is 18.4 Å². The van der Waals surface area contributed by atoms with E-state index in [4.69, 9.17) is 4.74 Å². The van der Waals surface area contributed by atoms with Gasteiger partial charge in [-0.1, -0.05) is 48.5 Å². The molecule has 0 spiro atoms. The molecule has 1 unspecified atom stereocenters. The highest BCUT2D eigenvalue weighted by Gasteiger charge is 2.22. The molecule has 7 heteroatoms. The van der Waals surface area contributed by atoms with E-state index in [1.807, 2.05) is 48.5 Å². The lowest BCUT2D eigenvalue weighted by Crippen LogP contribution is -2.47. The Morgan fingerprint density at radius 2 is 1.84 bits per heavy atom. The topological polar surface area (TPSA) is 76.5 Å². The number of hydrogen-bond donors (Lipinski definition) is 1. The molecule has 4 rings (SSSR count). The van der Waals surface area contributed by atoms with Gasteiger partial charge in [0, 0.05) is 37.9 Å². The summed E-state index contributed by atoms with van der Waals surface area (Å²) in [5, 5.41) is 7.14. The number of nitrogens with one attached hydrogen (secondary N) is 1. The predicted molar refractivity (Wildman–Crippen MR) is 118 cm³/mol. The predicted octanol–water partition coefficient (Wildman–Crippen LogP) is 2.17. The molecule has 0 aliphatic carbocycles. The van der Waals surface area contributed by atoms with Crippen LogP contribution in [0.4, 0.5) is 0 Å². The standard InChI is InChI=1S/C24H26N4O3/c1-18-14-22(29)23(26-28(18)20-10-6-3-7-11-20)24(30)25-15-21-17-27(12-13-31-21)16-19-8-4-2-5-9-19/h2-11,14,21H,12-13,15-17H2,1H3,(H,25,30). The molecule has 31 heavy (non-hydrogen) atoms. The Morgan fingerprint density at radius 1 is 1.13 bits per heavy atom. The molecule has 2 heterocycles. The lowest BCUT2D eigenvalue weighted by molar-refractivity contribution is -0.0292. The van der Waals surface area contributed by atoms with Gasteiger partial charge < -0.3 is 10.1 Å². The van der Waals surface area contributed by atoms with E-state index in [1.165, 1.54) is 11.6 Å². The number of hydrogen-bond acceptors (Lipinski definition) is 5. The van der Waals surface area contributed by atoms with Crippen LogP contribution in [0.15, 0.2) is 71.5 Å². The van der Waals surface area contributed by atoms with Crippen LogP contribution in [0.5, 0.6) is 0 Å². The fourth-order valence-electron chi connectivity index (χ4n) is 3.71. The number of amides is 1. The number of morpholine rings is 1. The van der Waals surface area contributed by atoms with E-state index in [0.29, 0.717) is 25.4 Å². The lowest BCUT2D eigenvalue weighted by atomic mass is 10.2. The first-order valence-electron chi connectivity index (χ1n) is 10.4. The molecule has 1 saturated heterocycles. The van der Waals surface area contributed by atoms with E-state index in [1.54, 1.807) is 11.6 Å². The third-order valence-electron chi connectivity index (χ3n) is 5.29. The minimum Gasteiger partial charge on any atom is -0.374 e. The average Bonchev–Trinajstić information content (AvgIpc) is 2.79. The summed E-state index contributed by atoms with van der Waals surface area (Å²) in [5.41, 5.74) is 2.20. The van der Waals surface area contributed by atoms with Crippen LogP contribution >= 0.6 is 0 Å². The third kappa shape index (κ3) is 5.25. The number of aromatic nitrogens is 2. The van der Waals surface area contributed by atoms with Crippen LogP contribution in [0.3, 0.4) is 0 Å². The SMILES string of the molecule is Cc1cc(=O)c(C(=O)NCC2CN(Cc3ccccc3)CCO2)nn1-c1ccccc1. The Balaban J connectivity index is 1.40. The number of ether oxygens (including phenoxy) is 1. The Morgan fingerprint density at radius 3 is 2.58 bits per heavy atom. The van der Waals surface area contributed by atoms with Crippen LogP contribution in [0.2, 0.25) is 0 Å². The van der Waals surface area contributed by atoms with Crippen LogP contribution < -0.4 is 10.7 Å². The van der Waals surface area contributed by atoms with Crippen molar-refractivity contribution >= 4 is 5.91 Å². The Bertz CT molecular complexity index is 1080. The quantitative estimate of drug-likeness (QED) is 0.664. The number of carbonyl (C=O) groups excluding carboxylic acids is 1. The number of carbonyl (C=O) groups is 1. The summed E-state index contributed by atoms with van der Waals surface area (Å²) >= 11 is 0. The van der Waals surface area contributed by atoms with Crippen molar-refractivity contribution in [2.45, 2.75) is 19.6 Å². The van der Waals surface area contributed by atoms with E-state index in [2.05, 4.69) is 27.4 Å². The zero-order chi connectivity index (χ0) is 21.6. The highest BCUT2D eigenvalue weighted by atomic mass is 16.5. The summed E-state index contributed by atoms with van der Waals surface area (Å²) in [6, 6.07) is 21.1. The van der Waals surface area contributed by atoms with Crippen molar-refractivity contribution < 1.29 is 9.53 Å². The molecule has 1 N–H and O–H groups in total. The third-order valence-corrected chi connectivity index (χ3v) is 5.29. The summed E-state index contributed by atoms with van der Waals surface area (Å²) < 4.78 is 7.42. The first-order chi connectivity index (χ1) is 15.1. The van der Waals surface area contributed by atoms with Gasteiger partial charge in [-0.15, -0.1) is 0 Å². The summed E-state index contributed by atoms with van der Waals surface area (Å²) in [7, 11) is 0.